The molecule has 0 aliphatic rings. The summed E-state index contributed by atoms with van der Waals surface area (Å²) in [5, 5.41) is 8.18. The van der Waals surface area contributed by atoms with E-state index in [-0.39, 0.29) is 6.10 Å². The van der Waals surface area contributed by atoms with Gasteiger partial charge in [-0.1, -0.05) is 0 Å². The van der Waals surface area contributed by atoms with Gasteiger partial charge in [-0.15, -0.1) is 0 Å². The Morgan fingerprint density at radius 2 is 2.35 bits per heavy atom. The number of benzene rings is 1. The zero-order valence-electron chi connectivity index (χ0n) is 9.97. The van der Waals surface area contributed by atoms with E-state index in [1.165, 1.54) is 6.34 Å². The lowest BCUT2D eigenvalue weighted by molar-refractivity contribution is 0.243. The molecule has 1 aromatic carbocycles. The zero-order valence-corrected chi connectivity index (χ0v) is 9.97. The van der Waals surface area contributed by atoms with Crippen LogP contribution in [0.25, 0.3) is 10.9 Å². The molecule has 0 amide bonds. The molecule has 0 radical (unpaired) electrons. The fourth-order valence-corrected chi connectivity index (χ4v) is 1.65. The largest absolute Gasteiger partial charge is 0.491 e. The molecule has 0 spiro atoms. The number of aromatic nitrogens is 2. The number of fused-ring (bicyclic) bond motifs is 1. The van der Waals surface area contributed by atoms with Crippen molar-refractivity contribution in [2.75, 3.05) is 0 Å². The lowest BCUT2D eigenvalue weighted by atomic mass is 10.2. The van der Waals surface area contributed by atoms with Crippen LogP contribution in [0.4, 0.5) is 0 Å². The second-order valence-electron chi connectivity index (χ2n) is 4.03. The summed E-state index contributed by atoms with van der Waals surface area (Å²) in [5.74, 6) is 0.840. The number of hydrogen-bond donors (Lipinski definition) is 2. The Morgan fingerprint density at radius 3 is 3.06 bits per heavy atom. The SMILES string of the molecule is CC(C)Oc1ccc2[nH]nc(C/N=C\N)c2c1. The first-order chi connectivity index (χ1) is 8.20. The standard InChI is InChI=1S/C12H16N4O/c1-8(2)17-9-3-4-11-10(5-9)12(16-15-11)6-14-7-13/h3-5,7-8H,6H2,1-2H3,(H2,13,14)(H,15,16). The van der Waals surface area contributed by atoms with Gasteiger partial charge in [0.2, 0.25) is 0 Å². The number of H-pyrrole nitrogens is 1. The van der Waals surface area contributed by atoms with Crippen molar-refractivity contribution in [2.45, 2.75) is 26.5 Å². The number of ether oxygens (including phenoxy) is 1. The summed E-state index contributed by atoms with van der Waals surface area (Å²) in [5.41, 5.74) is 7.08. The van der Waals surface area contributed by atoms with Gasteiger partial charge >= 0.3 is 0 Å². The Morgan fingerprint density at radius 1 is 1.53 bits per heavy atom. The predicted octanol–water partition coefficient (Wildman–Crippen LogP) is 1.84. The molecule has 0 atom stereocenters. The van der Waals surface area contributed by atoms with Gasteiger partial charge in [-0.3, -0.25) is 10.1 Å². The maximum absolute atomic E-state index is 5.65. The van der Waals surface area contributed by atoms with Crippen molar-refractivity contribution in [2.24, 2.45) is 10.7 Å². The highest BCUT2D eigenvalue weighted by atomic mass is 16.5. The van der Waals surface area contributed by atoms with Crippen LogP contribution in [0.15, 0.2) is 23.2 Å². The fourth-order valence-electron chi connectivity index (χ4n) is 1.65. The highest BCUT2D eigenvalue weighted by Gasteiger charge is 2.07. The minimum absolute atomic E-state index is 0.157. The van der Waals surface area contributed by atoms with Crippen LogP contribution in [-0.4, -0.2) is 22.6 Å². The number of aromatic amines is 1. The van der Waals surface area contributed by atoms with Gasteiger partial charge in [-0.2, -0.15) is 5.10 Å². The van der Waals surface area contributed by atoms with Crippen LogP contribution < -0.4 is 10.5 Å². The summed E-state index contributed by atoms with van der Waals surface area (Å²) in [4.78, 5) is 3.98. The number of nitrogens with two attached hydrogens (primary N) is 1. The summed E-state index contributed by atoms with van der Waals surface area (Å²) in [7, 11) is 0. The minimum Gasteiger partial charge on any atom is -0.491 e. The van der Waals surface area contributed by atoms with Gasteiger partial charge in [-0.05, 0) is 32.0 Å². The fraction of sp³-hybridized carbons (Fsp3) is 0.333. The van der Waals surface area contributed by atoms with Crippen LogP contribution in [0.2, 0.25) is 0 Å². The van der Waals surface area contributed by atoms with E-state index in [1.54, 1.807) is 0 Å². The smallest absolute Gasteiger partial charge is 0.120 e. The van der Waals surface area contributed by atoms with E-state index >= 15 is 0 Å². The van der Waals surface area contributed by atoms with Gasteiger partial charge in [0.25, 0.3) is 0 Å². The molecule has 0 fully saturated rings. The number of hydrogen-bond acceptors (Lipinski definition) is 3. The molecule has 0 aliphatic carbocycles. The minimum atomic E-state index is 0.157. The molecular weight excluding hydrogens is 216 g/mol. The molecule has 17 heavy (non-hydrogen) atoms. The molecule has 0 saturated carbocycles. The summed E-state index contributed by atoms with van der Waals surface area (Å²) < 4.78 is 5.65. The summed E-state index contributed by atoms with van der Waals surface area (Å²) in [6, 6.07) is 5.85. The van der Waals surface area contributed by atoms with Crippen molar-refractivity contribution in [3.8, 4) is 5.75 Å². The topological polar surface area (TPSA) is 76.3 Å². The first kappa shape index (κ1) is 11.4. The first-order valence-electron chi connectivity index (χ1n) is 5.54. The highest BCUT2D eigenvalue weighted by Crippen LogP contribution is 2.23. The van der Waals surface area contributed by atoms with E-state index < -0.39 is 0 Å². The molecular formula is C12H16N4O. The predicted molar refractivity (Wildman–Crippen MR) is 68.2 cm³/mol. The molecule has 1 aromatic heterocycles. The average Bonchev–Trinajstić information content (AvgIpc) is 2.68. The Labute approximate surface area is 99.7 Å². The lowest BCUT2D eigenvalue weighted by Gasteiger charge is -2.09. The van der Waals surface area contributed by atoms with Crippen LogP contribution in [0, 0.1) is 0 Å². The number of aliphatic imine (C=N–C) groups is 1. The van der Waals surface area contributed by atoms with Crippen LogP contribution in [0.1, 0.15) is 19.5 Å². The number of rotatable bonds is 4. The molecule has 90 valence electrons. The first-order valence-corrected chi connectivity index (χ1v) is 5.54. The van der Waals surface area contributed by atoms with E-state index in [9.17, 15) is 0 Å². The van der Waals surface area contributed by atoms with Crippen molar-refractivity contribution < 1.29 is 4.74 Å². The molecule has 0 unspecified atom stereocenters. The van der Waals surface area contributed by atoms with Crippen molar-refractivity contribution in [1.82, 2.24) is 10.2 Å². The highest BCUT2D eigenvalue weighted by molar-refractivity contribution is 5.82. The molecule has 2 aromatic rings. The molecule has 5 nitrogen and oxygen atoms in total. The van der Waals surface area contributed by atoms with Crippen molar-refractivity contribution in [3.05, 3.63) is 23.9 Å². The average molecular weight is 232 g/mol. The zero-order chi connectivity index (χ0) is 12.3. The van der Waals surface area contributed by atoms with Gasteiger partial charge < -0.3 is 10.5 Å². The molecule has 0 aliphatic heterocycles. The van der Waals surface area contributed by atoms with E-state index in [2.05, 4.69) is 15.2 Å². The van der Waals surface area contributed by atoms with Crippen molar-refractivity contribution in [3.63, 3.8) is 0 Å². The van der Waals surface area contributed by atoms with E-state index in [4.69, 9.17) is 10.5 Å². The van der Waals surface area contributed by atoms with E-state index in [1.807, 2.05) is 32.0 Å². The Balaban J connectivity index is 2.35. The van der Waals surface area contributed by atoms with Crippen LogP contribution in [-0.2, 0) is 6.54 Å². The van der Waals surface area contributed by atoms with Crippen LogP contribution >= 0.6 is 0 Å². The summed E-state index contributed by atoms with van der Waals surface area (Å²) >= 11 is 0. The molecule has 5 heteroatoms. The second-order valence-corrected chi connectivity index (χ2v) is 4.03. The Hall–Kier alpha value is -2.04. The molecule has 3 N–H and O–H groups in total. The number of nitrogens with zero attached hydrogens (tertiary/aromatic N) is 2. The third kappa shape index (κ3) is 2.55. The normalized spacial score (nSPS) is 11.7. The molecule has 0 bridgehead atoms. The van der Waals surface area contributed by atoms with E-state index in [0.717, 1.165) is 22.3 Å². The maximum atomic E-state index is 5.65. The summed E-state index contributed by atoms with van der Waals surface area (Å²) in [6.45, 7) is 4.47. The van der Waals surface area contributed by atoms with Gasteiger partial charge in [-0.25, -0.2) is 0 Å². The van der Waals surface area contributed by atoms with Gasteiger partial charge in [0, 0.05) is 5.39 Å². The summed E-state index contributed by atoms with van der Waals surface area (Å²) in [6.07, 6.45) is 1.44. The quantitative estimate of drug-likeness (QED) is 0.623. The lowest BCUT2D eigenvalue weighted by Crippen LogP contribution is -2.05. The monoisotopic (exact) mass is 232 g/mol. The van der Waals surface area contributed by atoms with Crippen LogP contribution in [0.5, 0.6) is 5.75 Å². The van der Waals surface area contributed by atoms with E-state index in [0.29, 0.717) is 6.54 Å². The second kappa shape index (κ2) is 4.86. The van der Waals surface area contributed by atoms with Crippen molar-refractivity contribution in [1.29, 1.82) is 0 Å². The Kier molecular flexibility index (Phi) is 3.27. The number of nitrogens with one attached hydrogen (secondary N) is 1. The van der Waals surface area contributed by atoms with Gasteiger partial charge in [0.1, 0.15) is 5.75 Å². The third-order valence-corrected chi connectivity index (χ3v) is 2.33. The molecule has 2 rings (SSSR count). The maximum Gasteiger partial charge on any atom is 0.120 e. The molecule has 1 heterocycles. The molecule has 0 saturated heterocycles. The van der Waals surface area contributed by atoms with Crippen molar-refractivity contribution >= 4 is 17.2 Å². The van der Waals surface area contributed by atoms with Gasteiger partial charge in [0.15, 0.2) is 0 Å². The van der Waals surface area contributed by atoms with Gasteiger partial charge in [0.05, 0.1) is 30.2 Å². The third-order valence-electron chi connectivity index (χ3n) is 2.33. The Bertz CT molecular complexity index is 530. The van der Waals surface area contributed by atoms with Crippen LogP contribution in [0.3, 0.4) is 0 Å².